The van der Waals surface area contributed by atoms with E-state index in [2.05, 4.69) is 15.3 Å². The first-order valence-electron chi connectivity index (χ1n) is 11.3. The second-order valence-corrected chi connectivity index (χ2v) is 9.01. The van der Waals surface area contributed by atoms with Crippen molar-refractivity contribution < 1.29 is 32.2 Å². The Hall–Kier alpha value is -3.25. The van der Waals surface area contributed by atoms with E-state index in [1.807, 2.05) is 11.5 Å². The van der Waals surface area contributed by atoms with Crippen LogP contribution in [0.15, 0.2) is 41.7 Å². The predicted octanol–water partition coefficient (Wildman–Crippen LogP) is 4.19. The van der Waals surface area contributed by atoms with Crippen molar-refractivity contribution in [3.63, 3.8) is 0 Å². The molecule has 194 valence electrons. The Morgan fingerprint density at radius 1 is 1.28 bits per heavy atom. The molecule has 2 aromatic heterocycles. The maximum absolute atomic E-state index is 13.4. The van der Waals surface area contributed by atoms with Gasteiger partial charge in [0.1, 0.15) is 18.5 Å². The maximum Gasteiger partial charge on any atom is 0.416 e. The molecule has 0 fully saturated rings. The van der Waals surface area contributed by atoms with E-state index in [0.29, 0.717) is 11.3 Å². The summed E-state index contributed by atoms with van der Waals surface area (Å²) in [5, 5.41) is 2.66. The largest absolute Gasteiger partial charge is 0.489 e. The van der Waals surface area contributed by atoms with Crippen LogP contribution in [0.25, 0.3) is 10.2 Å². The number of hydrogen-bond acceptors (Lipinski definition) is 7. The number of benzene rings is 1. The lowest BCUT2D eigenvalue weighted by atomic mass is 10.1. The van der Waals surface area contributed by atoms with E-state index < -0.39 is 29.7 Å². The molecule has 0 saturated heterocycles. The average molecular weight is 525 g/mol. The quantitative estimate of drug-likeness (QED) is 0.400. The van der Waals surface area contributed by atoms with Crippen molar-refractivity contribution in [3.8, 4) is 5.75 Å². The number of esters is 1. The zero-order chi connectivity index (χ0) is 26.3. The van der Waals surface area contributed by atoms with Crippen molar-refractivity contribution in [2.24, 2.45) is 4.99 Å². The number of rotatable bonds is 10. The average Bonchev–Trinajstić information content (AvgIpc) is 3.17. The van der Waals surface area contributed by atoms with Crippen molar-refractivity contribution >= 4 is 33.4 Å². The topological polar surface area (TPSA) is 94.8 Å². The van der Waals surface area contributed by atoms with E-state index in [1.54, 1.807) is 32.4 Å². The van der Waals surface area contributed by atoms with Gasteiger partial charge in [-0.2, -0.15) is 18.2 Å². The molecule has 1 amide bonds. The summed E-state index contributed by atoms with van der Waals surface area (Å²) in [6.45, 7) is 4.02. The first kappa shape index (κ1) is 27.3. The van der Waals surface area contributed by atoms with Crippen molar-refractivity contribution in [2.45, 2.75) is 45.5 Å². The summed E-state index contributed by atoms with van der Waals surface area (Å²) in [5.41, 5.74) is -0.544. The number of nitrogens with zero attached hydrogens (tertiary/aromatic N) is 3. The third kappa shape index (κ3) is 6.91. The minimum absolute atomic E-state index is 0.00401. The van der Waals surface area contributed by atoms with Gasteiger partial charge in [-0.1, -0.05) is 24.7 Å². The highest BCUT2D eigenvalue weighted by Crippen LogP contribution is 2.33. The molecule has 0 aliphatic heterocycles. The van der Waals surface area contributed by atoms with Crippen LogP contribution < -0.4 is 14.9 Å². The first-order valence-corrected chi connectivity index (χ1v) is 12.2. The monoisotopic (exact) mass is 524 g/mol. The van der Waals surface area contributed by atoms with Crippen LogP contribution in [0.4, 0.5) is 13.2 Å². The molecule has 0 aliphatic carbocycles. The van der Waals surface area contributed by atoms with Crippen LogP contribution >= 0.6 is 11.3 Å². The summed E-state index contributed by atoms with van der Waals surface area (Å²) in [4.78, 5) is 33.5. The standard InChI is InChI=1S/C24H27F3N4O4S/c1-4-5-10-31-18-12-29-9-8-20(18)36-23(31)30-22(33)17-11-16(24(25,26)27)6-7-19(17)34-14-15(2)35-21(32)13-28-3/h6-9,11-12,15,28H,4-5,10,13-14H2,1-3H3/t15-/m0/s1. The second kappa shape index (κ2) is 12.1. The number of unbranched alkanes of at least 4 members (excludes halogenated alkanes) is 1. The van der Waals surface area contributed by atoms with Gasteiger partial charge in [0, 0.05) is 12.7 Å². The molecule has 0 unspecified atom stereocenters. The molecule has 12 heteroatoms. The Balaban J connectivity index is 1.98. The van der Waals surface area contributed by atoms with Gasteiger partial charge in [0.25, 0.3) is 5.91 Å². The zero-order valence-corrected chi connectivity index (χ0v) is 20.9. The van der Waals surface area contributed by atoms with Gasteiger partial charge < -0.3 is 19.4 Å². The Morgan fingerprint density at radius 3 is 2.75 bits per heavy atom. The summed E-state index contributed by atoms with van der Waals surface area (Å²) in [5.74, 6) is -1.47. The van der Waals surface area contributed by atoms with Crippen molar-refractivity contribution in [1.29, 1.82) is 0 Å². The normalized spacial score (nSPS) is 13.1. The van der Waals surface area contributed by atoms with Gasteiger partial charge in [0.2, 0.25) is 0 Å². The molecular formula is C24H27F3N4O4S. The van der Waals surface area contributed by atoms with Crippen LogP contribution in [0.3, 0.4) is 0 Å². The van der Waals surface area contributed by atoms with Crippen LogP contribution in [-0.2, 0) is 22.3 Å². The van der Waals surface area contributed by atoms with Crippen molar-refractivity contribution in [3.05, 3.63) is 52.6 Å². The molecule has 1 atom stereocenters. The molecule has 8 nitrogen and oxygen atoms in total. The Kier molecular flexibility index (Phi) is 9.21. The number of aromatic nitrogens is 2. The molecule has 36 heavy (non-hydrogen) atoms. The fourth-order valence-electron chi connectivity index (χ4n) is 3.33. The SMILES string of the molecule is CCCCn1c(=NC(=O)c2cc(C(F)(F)F)ccc2OC[C@H](C)OC(=O)CNC)sc2ccncc21. The number of carbonyl (C=O) groups is 2. The number of likely N-dealkylation sites (N-methyl/N-ethyl adjacent to an activating group) is 1. The highest BCUT2D eigenvalue weighted by Gasteiger charge is 2.32. The smallest absolute Gasteiger partial charge is 0.416 e. The lowest BCUT2D eigenvalue weighted by Crippen LogP contribution is -2.28. The number of carbonyl (C=O) groups excluding carboxylic acids is 2. The molecule has 0 radical (unpaired) electrons. The maximum atomic E-state index is 13.4. The summed E-state index contributed by atoms with van der Waals surface area (Å²) >= 11 is 1.25. The number of thiazole rings is 1. The fourth-order valence-corrected chi connectivity index (χ4v) is 4.35. The summed E-state index contributed by atoms with van der Waals surface area (Å²) < 4.78 is 53.7. The fraction of sp³-hybridized carbons (Fsp3) is 0.417. The van der Waals surface area contributed by atoms with Crippen LogP contribution in [0, 0.1) is 0 Å². The Labute approximate surface area is 209 Å². The van der Waals surface area contributed by atoms with Gasteiger partial charge >= 0.3 is 12.1 Å². The molecule has 3 aromatic rings. The number of halogens is 3. The van der Waals surface area contributed by atoms with Crippen molar-refractivity contribution in [2.75, 3.05) is 20.2 Å². The highest BCUT2D eigenvalue weighted by atomic mass is 32.1. The van der Waals surface area contributed by atoms with Gasteiger partial charge in [-0.15, -0.1) is 0 Å². The number of amides is 1. The zero-order valence-electron chi connectivity index (χ0n) is 20.1. The van der Waals surface area contributed by atoms with Crippen LogP contribution in [0.2, 0.25) is 0 Å². The van der Waals surface area contributed by atoms with Crippen LogP contribution in [0.5, 0.6) is 5.75 Å². The van der Waals surface area contributed by atoms with E-state index >= 15 is 0 Å². The highest BCUT2D eigenvalue weighted by molar-refractivity contribution is 7.16. The molecule has 2 heterocycles. The van der Waals surface area contributed by atoms with Gasteiger partial charge in [-0.3, -0.25) is 14.6 Å². The molecule has 3 rings (SSSR count). The number of nitrogens with one attached hydrogen (secondary N) is 1. The molecule has 1 aromatic carbocycles. The minimum atomic E-state index is -4.66. The number of aryl methyl sites for hydroxylation is 1. The number of alkyl halides is 3. The summed E-state index contributed by atoms with van der Waals surface area (Å²) in [7, 11) is 1.59. The van der Waals surface area contributed by atoms with Crippen LogP contribution in [0.1, 0.15) is 42.6 Å². The van der Waals surface area contributed by atoms with E-state index in [9.17, 15) is 22.8 Å². The Morgan fingerprint density at radius 2 is 2.06 bits per heavy atom. The number of hydrogen-bond donors (Lipinski definition) is 1. The second-order valence-electron chi connectivity index (χ2n) is 8.00. The van der Waals surface area contributed by atoms with Crippen molar-refractivity contribution in [1.82, 2.24) is 14.9 Å². The summed E-state index contributed by atoms with van der Waals surface area (Å²) in [6.07, 6.45) is -0.337. The first-order chi connectivity index (χ1) is 17.1. The lowest BCUT2D eigenvalue weighted by Gasteiger charge is -2.16. The van der Waals surface area contributed by atoms with E-state index in [1.165, 1.54) is 11.3 Å². The van der Waals surface area contributed by atoms with Gasteiger partial charge in [0.15, 0.2) is 4.80 Å². The van der Waals surface area contributed by atoms with Gasteiger partial charge in [-0.05, 0) is 44.7 Å². The van der Waals surface area contributed by atoms with E-state index in [4.69, 9.17) is 9.47 Å². The molecular weight excluding hydrogens is 497 g/mol. The molecule has 0 bridgehead atoms. The number of fused-ring (bicyclic) bond motifs is 1. The van der Waals surface area contributed by atoms with E-state index in [-0.39, 0.29) is 24.5 Å². The molecule has 0 spiro atoms. The lowest BCUT2D eigenvalue weighted by molar-refractivity contribution is -0.148. The van der Waals surface area contributed by atoms with Gasteiger partial charge in [-0.25, -0.2) is 0 Å². The van der Waals surface area contributed by atoms with E-state index in [0.717, 1.165) is 41.3 Å². The molecule has 0 saturated carbocycles. The third-order valence-corrected chi connectivity index (χ3v) is 6.14. The van der Waals surface area contributed by atoms with Gasteiger partial charge in [0.05, 0.1) is 34.1 Å². The summed E-state index contributed by atoms with van der Waals surface area (Å²) in [6, 6.07) is 4.43. The number of pyridine rings is 1. The minimum Gasteiger partial charge on any atom is -0.489 e. The van der Waals surface area contributed by atoms with Crippen LogP contribution in [-0.4, -0.2) is 47.7 Å². The Bertz CT molecular complexity index is 1290. The third-order valence-electron chi connectivity index (χ3n) is 5.08. The number of ether oxygens (including phenoxy) is 2. The molecule has 0 aliphatic rings. The predicted molar refractivity (Wildman–Crippen MR) is 129 cm³/mol. The molecule has 1 N–H and O–H groups in total.